The number of aryl methyl sites for hydroxylation is 1. The van der Waals surface area contributed by atoms with E-state index in [4.69, 9.17) is 14.0 Å². The molecule has 0 radical (unpaired) electrons. The van der Waals surface area contributed by atoms with Gasteiger partial charge in [-0.2, -0.15) is 0 Å². The predicted molar refractivity (Wildman–Crippen MR) is 75.6 cm³/mol. The Kier molecular flexibility index (Phi) is 2.15. The van der Waals surface area contributed by atoms with E-state index < -0.39 is 0 Å². The van der Waals surface area contributed by atoms with E-state index in [-0.39, 0.29) is 5.55 Å². The smallest absolute Gasteiger partial charge is 0.263 e. The van der Waals surface area contributed by atoms with Gasteiger partial charge in [-0.15, -0.1) is 0 Å². The van der Waals surface area contributed by atoms with Crippen molar-refractivity contribution in [3.8, 4) is 0 Å². The summed E-state index contributed by atoms with van der Waals surface area (Å²) in [5, 5.41) is 16.2. The molecular weight excluding hydrogens is 254 g/mol. The Labute approximate surface area is 113 Å². The quantitative estimate of drug-likeness (QED) is 0.298. The van der Waals surface area contributed by atoms with Gasteiger partial charge in [0.25, 0.3) is 5.55 Å². The van der Waals surface area contributed by atoms with Crippen molar-refractivity contribution in [3.05, 3.63) is 53.8 Å². The summed E-state index contributed by atoms with van der Waals surface area (Å²) in [6.45, 7) is 2.01. The van der Waals surface area contributed by atoms with Gasteiger partial charge in [0.2, 0.25) is 0 Å². The van der Waals surface area contributed by atoms with E-state index >= 15 is 0 Å². The van der Waals surface area contributed by atoms with Crippen LogP contribution >= 0.6 is 0 Å². The highest BCUT2D eigenvalue weighted by Gasteiger charge is 2.10. The first-order valence-corrected chi connectivity index (χ1v) is 6.29. The van der Waals surface area contributed by atoms with E-state index in [0.717, 1.165) is 32.7 Å². The van der Waals surface area contributed by atoms with Crippen molar-refractivity contribution in [1.82, 2.24) is 0 Å². The lowest BCUT2D eigenvalue weighted by Crippen LogP contribution is -2.02. The van der Waals surface area contributed by atoms with Gasteiger partial charge >= 0.3 is 0 Å². The second-order valence-electron chi connectivity index (χ2n) is 4.82. The number of furan rings is 1. The number of rotatable bonds is 0. The van der Waals surface area contributed by atoms with Gasteiger partial charge in [-0.1, -0.05) is 18.2 Å². The predicted octanol–water partition coefficient (Wildman–Crippen LogP) is 3.93. The van der Waals surface area contributed by atoms with Gasteiger partial charge in [0.15, 0.2) is 0 Å². The van der Waals surface area contributed by atoms with E-state index in [0.29, 0.717) is 5.58 Å². The summed E-state index contributed by atoms with van der Waals surface area (Å²) >= 11 is 0. The van der Waals surface area contributed by atoms with Crippen molar-refractivity contribution in [2.75, 3.05) is 0 Å². The van der Waals surface area contributed by atoms with Gasteiger partial charge < -0.3 is 14.0 Å². The van der Waals surface area contributed by atoms with E-state index in [2.05, 4.69) is 11.2 Å². The Balaban J connectivity index is 2.33. The summed E-state index contributed by atoms with van der Waals surface area (Å²) in [5.74, 6) is 0. The van der Waals surface area contributed by atoms with Crippen LogP contribution < -0.4 is 5.55 Å². The molecule has 4 heteroatoms. The first-order chi connectivity index (χ1) is 9.78. The van der Waals surface area contributed by atoms with Gasteiger partial charge in [-0.05, 0) is 35.2 Å². The maximum Gasteiger partial charge on any atom is 0.263 e. The number of hydrogen-bond donors (Lipinski definition) is 1. The molecule has 0 bridgehead atoms. The van der Waals surface area contributed by atoms with E-state index in [1.165, 1.54) is 0 Å². The number of hydrogen-bond acceptors (Lipinski definition) is 4. The lowest BCUT2D eigenvalue weighted by atomic mass is 10.1. The SMILES string of the molecule is Cc1coc2cc3o/c(=N/O)c4ccccc4c3cc12. The van der Waals surface area contributed by atoms with Gasteiger partial charge in [0.05, 0.1) is 6.26 Å². The second-order valence-corrected chi connectivity index (χ2v) is 4.82. The Bertz CT molecular complexity index is 1020. The Morgan fingerprint density at radius 1 is 0.950 bits per heavy atom. The molecule has 4 aromatic rings. The summed E-state index contributed by atoms with van der Waals surface area (Å²) in [6, 6.07) is 11.6. The highest BCUT2D eigenvalue weighted by atomic mass is 16.5. The van der Waals surface area contributed by atoms with Crippen molar-refractivity contribution < 1.29 is 14.0 Å². The molecule has 0 aliphatic rings. The van der Waals surface area contributed by atoms with Crippen LogP contribution in [-0.4, -0.2) is 5.21 Å². The first-order valence-electron chi connectivity index (χ1n) is 6.29. The summed E-state index contributed by atoms with van der Waals surface area (Å²) in [7, 11) is 0. The molecule has 0 fully saturated rings. The molecule has 2 aromatic heterocycles. The summed E-state index contributed by atoms with van der Waals surface area (Å²) in [6.07, 6.45) is 1.73. The molecule has 4 nitrogen and oxygen atoms in total. The standard InChI is InChI=1S/C16H11NO3/c1-9-8-19-14-7-15-13(6-12(9)14)10-4-2-3-5-11(10)16(17-18)20-15/h2-8,18H,1H3/b17-16+. The fourth-order valence-electron chi connectivity index (χ4n) is 2.61. The van der Waals surface area contributed by atoms with Crippen LogP contribution in [-0.2, 0) is 0 Å². The van der Waals surface area contributed by atoms with Crippen LogP contribution in [0.5, 0.6) is 0 Å². The molecular formula is C16H11NO3. The van der Waals surface area contributed by atoms with Gasteiger partial charge in [0, 0.05) is 22.2 Å². The number of fused-ring (bicyclic) bond motifs is 4. The molecule has 0 spiro atoms. The molecule has 1 N–H and O–H groups in total. The highest BCUT2D eigenvalue weighted by molar-refractivity contribution is 6.08. The van der Waals surface area contributed by atoms with Crippen LogP contribution in [0.1, 0.15) is 5.56 Å². The molecule has 0 aliphatic heterocycles. The van der Waals surface area contributed by atoms with Crippen LogP contribution in [0.25, 0.3) is 32.7 Å². The lowest BCUT2D eigenvalue weighted by Gasteiger charge is -2.03. The molecule has 0 amide bonds. The van der Waals surface area contributed by atoms with Crippen molar-refractivity contribution in [2.24, 2.45) is 5.16 Å². The Hall–Kier alpha value is -2.75. The maximum atomic E-state index is 9.12. The largest absolute Gasteiger partial charge is 0.464 e. The molecule has 4 rings (SSSR count). The topological polar surface area (TPSA) is 58.9 Å². The zero-order valence-electron chi connectivity index (χ0n) is 10.8. The highest BCUT2D eigenvalue weighted by Crippen LogP contribution is 2.29. The van der Waals surface area contributed by atoms with Crippen molar-refractivity contribution in [1.29, 1.82) is 0 Å². The molecule has 2 heterocycles. The fraction of sp³-hybridized carbons (Fsp3) is 0.0625. The summed E-state index contributed by atoms with van der Waals surface area (Å²) < 4.78 is 11.2. The summed E-state index contributed by atoms with van der Waals surface area (Å²) in [4.78, 5) is 0. The molecule has 0 saturated heterocycles. The first kappa shape index (κ1) is 11.1. The van der Waals surface area contributed by atoms with Gasteiger partial charge in [0.1, 0.15) is 11.2 Å². The molecule has 0 saturated carbocycles. The third-order valence-corrected chi connectivity index (χ3v) is 3.61. The van der Waals surface area contributed by atoms with Gasteiger partial charge in [-0.3, -0.25) is 0 Å². The lowest BCUT2D eigenvalue weighted by molar-refractivity contribution is 0.279. The molecule has 0 unspecified atom stereocenters. The van der Waals surface area contributed by atoms with Gasteiger partial charge in [-0.25, -0.2) is 0 Å². The van der Waals surface area contributed by atoms with Crippen LogP contribution in [0.2, 0.25) is 0 Å². The van der Waals surface area contributed by atoms with Crippen molar-refractivity contribution in [3.63, 3.8) is 0 Å². The molecule has 20 heavy (non-hydrogen) atoms. The molecule has 98 valence electrons. The van der Waals surface area contributed by atoms with E-state index in [1.807, 2.05) is 37.3 Å². The third kappa shape index (κ3) is 1.39. The monoisotopic (exact) mass is 265 g/mol. The number of benzene rings is 2. The average Bonchev–Trinajstić information content (AvgIpc) is 2.85. The Morgan fingerprint density at radius 2 is 1.75 bits per heavy atom. The van der Waals surface area contributed by atoms with Crippen molar-refractivity contribution >= 4 is 32.7 Å². The molecule has 0 atom stereocenters. The van der Waals surface area contributed by atoms with Crippen LogP contribution in [0.4, 0.5) is 0 Å². The number of nitrogens with zero attached hydrogens (tertiary/aromatic N) is 1. The minimum atomic E-state index is 0.204. The Morgan fingerprint density at radius 3 is 2.55 bits per heavy atom. The minimum absolute atomic E-state index is 0.204. The molecule has 2 aromatic carbocycles. The van der Waals surface area contributed by atoms with Crippen LogP contribution in [0, 0.1) is 6.92 Å². The minimum Gasteiger partial charge on any atom is -0.464 e. The van der Waals surface area contributed by atoms with E-state index in [9.17, 15) is 0 Å². The zero-order chi connectivity index (χ0) is 13.7. The second kappa shape index (κ2) is 3.87. The maximum absolute atomic E-state index is 9.12. The fourth-order valence-corrected chi connectivity index (χ4v) is 2.61. The van der Waals surface area contributed by atoms with Crippen LogP contribution in [0.3, 0.4) is 0 Å². The third-order valence-electron chi connectivity index (χ3n) is 3.61. The van der Waals surface area contributed by atoms with Crippen molar-refractivity contribution in [2.45, 2.75) is 6.92 Å². The molecule has 0 aliphatic carbocycles. The summed E-state index contributed by atoms with van der Waals surface area (Å²) in [5.41, 5.74) is 2.69. The normalized spacial score (nSPS) is 12.8. The average molecular weight is 265 g/mol. The van der Waals surface area contributed by atoms with Crippen LogP contribution in [0.15, 0.2) is 56.7 Å². The van der Waals surface area contributed by atoms with E-state index in [1.54, 1.807) is 6.26 Å². The zero-order valence-corrected chi connectivity index (χ0v) is 10.8.